The molecule has 44 heavy (non-hydrogen) atoms. The summed E-state index contributed by atoms with van der Waals surface area (Å²) in [7, 11) is 2.00. The lowest BCUT2D eigenvalue weighted by atomic mass is 9.89. The van der Waals surface area contributed by atoms with Crippen LogP contribution in [-0.2, 0) is 9.49 Å². The van der Waals surface area contributed by atoms with E-state index >= 15 is 0 Å². The maximum Gasteiger partial charge on any atom is 0.112 e. The molecule has 0 fully saturated rings. The second-order valence-corrected chi connectivity index (χ2v) is 20.1. The summed E-state index contributed by atoms with van der Waals surface area (Å²) in [6, 6.07) is 3.30. The van der Waals surface area contributed by atoms with E-state index in [2.05, 4.69) is 63.7 Å². The lowest BCUT2D eigenvalue weighted by Crippen LogP contribution is -2.41. The van der Waals surface area contributed by atoms with Crippen molar-refractivity contribution < 1.29 is 0 Å². The zero-order valence-electron chi connectivity index (χ0n) is 19.9. The monoisotopic (exact) mass is 1160 g/mol. The zero-order chi connectivity index (χ0) is 33.4. The number of rotatable bonds is 5. The van der Waals surface area contributed by atoms with Gasteiger partial charge in [-0.15, -0.1) is 23.2 Å². The van der Waals surface area contributed by atoms with E-state index in [1.54, 1.807) is 12.1 Å². The van der Waals surface area contributed by atoms with Gasteiger partial charge in [0.15, 0.2) is 0 Å². The minimum Gasteiger partial charge on any atom is -0.114 e. The molecule has 0 amide bonds. The first kappa shape index (κ1) is 40.8. The molecule has 0 aromatic heterocycles. The van der Waals surface area contributed by atoms with E-state index in [4.69, 9.17) is 162 Å². The molecule has 0 saturated heterocycles. The minimum atomic E-state index is -1.67. The van der Waals surface area contributed by atoms with Crippen molar-refractivity contribution in [2.24, 2.45) is 0 Å². The maximum atomic E-state index is 7.14. The topological polar surface area (TPSA) is 0 Å². The lowest BCUT2D eigenvalue weighted by molar-refractivity contribution is 0.753. The summed E-state index contributed by atoms with van der Waals surface area (Å²) in [5.41, 5.74) is 0.446. The molecule has 4 rings (SSSR count). The summed E-state index contributed by atoms with van der Waals surface area (Å²) in [4.78, 5) is 0. The molecule has 4 atom stereocenters. The molecular weight excluding hydrogens is 1170 g/mol. The van der Waals surface area contributed by atoms with Crippen LogP contribution in [0, 0.1) is 0 Å². The van der Waals surface area contributed by atoms with Crippen LogP contribution in [-0.4, -0.2) is 10.8 Å². The number of allylic oxidation sites excluding steroid dienone is 6. The summed E-state index contributed by atoms with van der Waals surface area (Å²) in [5, 5.41) is -2.41. The maximum absolute atomic E-state index is 7.14. The molecule has 0 nitrogen and oxygen atoms in total. The Morgan fingerprint density at radius 3 is 0.955 bits per heavy atom. The first-order valence-corrected chi connectivity index (χ1v) is 21.6. The van der Waals surface area contributed by atoms with Crippen molar-refractivity contribution in [1.82, 2.24) is 0 Å². The van der Waals surface area contributed by atoms with Gasteiger partial charge in [-0.1, -0.05) is 161 Å². The molecule has 0 saturated carbocycles. The largest absolute Gasteiger partial charge is 0.114 e. The predicted octanol–water partition coefficient (Wildman–Crippen LogP) is 17.8. The van der Waals surface area contributed by atoms with Gasteiger partial charge in [0.1, 0.15) is 9.49 Å². The second kappa shape index (κ2) is 15.6. The smallest absolute Gasteiger partial charge is 0.112 e. The quantitative estimate of drug-likeness (QED) is 0.166. The van der Waals surface area contributed by atoms with Gasteiger partial charge in [0.05, 0.1) is 71.1 Å². The van der Waals surface area contributed by atoms with E-state index in [-0.39, 0.29) is 71.5 Å². The van der Waals surface area contributed by atoms with Crippen molar-refractivity contribution in [2.45, 2.75) is 20.2 Å². The fourth-order valence-electron chi connectivity index (χ4n) is 4.17. The molecular formula is C24H4Br4Cl14S2. The van der Waals surface area contributed by atoms with Crippen LogP contribution in [0.25, 0.3) is 0 Å². The molecule has 2 aliphatic carbocycles. The number of halogens is 18. The summed E-state index contributed by atoms with van der Waals surface area (Å²) in [6.45, 7) is 0. The summed E-state index contributed by atoms with van der Waals surface area (Å²) in [5.74, 6) is 0. The Morgan fingerprint density at radius 2 is 0.705 bits per heavy atom. The highest BCUT2D eigenvalue weighted by atomic mass is 79.9. The Kier molecular flexibility index (Phi) is 14.5. The highest BCUT2D eigenvalue weighted by Crippen LogP contribution is 2.71. The van der Waals surface area contributed by atoms with Crippen LogP contribution in [0.5, 0.6) is 0 Å². The van der Waals surface area contributed by atoms with E-state index in [9.17, 15) is 0 Å². The SMILES string of the molecule is ClC1=C(Cl)C(Cl)C(SSC2(c3c(Cl)c(Br)cc(Br)c3Cl)C(Cl)=C(Cl)C(Cl)=C(Cl)C2Cl)(c2c(Cl)c(Br)cc(Br)c2Cl)C(Cl)=C1Cl. The van der Waals surface area contributed by atoms with Crippen LogP contribution in [0.1, 0.15) is 11.1 Å². The van der Waals surface area contributed by atoms with E-state index in [1.807, 2.05) is 0 Å². The van der Waals surface area contributed by atoms with Crippen molar-refractivity contribution in [3.8, 4) is 0 Å². The van der Waals surface area contributed by atoms with Gasteiger partial charge in [-0.3, -0.25) is 0 Å². The van der Waals surface area contributed by atoms with Crippen LogP contribution in [0.3, 0.4) is 0 Å². The van der Waals surface area contributed by atoms with Gasteiger partial charge in [-0.05, 0) is 75.9 Å². The second-order valence-electron chi connectivity index (χ2n) is 8.63. The average molecular weight is 1170 g/mol. The Morgan fingerprint density at radius 1 is 0.455 bits per heavy atom. The Balaban J connectivity index is 2.15. The average Bonchev–Trinajstić information content (AvgIpc) is 2.98. The number of benzene rings is 2. The van der Waals surface area contributed by atoms with Gasteiger partial charge in [0, 0.05) is 29.0 Å². The fourth-order valence-corrected chi connectivity index (χ4v) is 16.4. The van der Waals surface area contributed by atoms with Crippen LogP contribution < -0.4 is 0 Å². The molecule has 2 aromatic rings. The first-order valence-electron chi connectivity index (χ1n) is 10.8. The van der Waals surface area contributed by atoms with Crippen molar-refractivity contribution in [3.63, 3.8) is 0 Å². The highest BCUT2D eigenvalue weighted by molar-refractivity contribution is 9.11. The zero-order valence-corrected chi connectivity index (χ0v) is 38.5. The third kappa shape index (κ3) is 6.60. The van der Waals surface area contributed by atoms with Gasteiger partial charge in [0.25, 0.3) is 0 Å². The molecule has 0 aliphatic heterocycles. The number of hydrogen-bond donors (Lipinski definition) is 0. The van der Waals surface area contributed by atoms with Crippen LogP contribution in [0.2, 0.25) is 20.1 Å². The first-order chi connectivity index (χ1) is 20.3. The van der Waals surface area contributed by atoms with Gasteiger partial charge in [0.2, 0.25) is 0 Å². The van der Waals surface area contributed by atoms with Crippen LogP contribution in [0.15, 0.2) is 70.3 Å². The molecule has 0 radical (unpaired) electrons. The summed E-state index contributed by atoms with van der Waals surface area (Å²) >= 11 is 110. The molecule has 0 bridgehead atoms. The van der Waals surface area contributed by atoms with Gasteiger partial charge >= 0.3 is 0 Å². The molecule has 2 aliphatic rings. The Hall–Kier alpha value is 4.08. The molecule has 2 aromatic carbocycles. The van der Waals surface area contributed by atoms with Crippen LogP contribution >= 0.6 is 248 Å². The lowest BCUT2D eigenvalue weighted by Gasteiger charge is -2.46. The van der Waals surface area contributed by atoms with E-state index in [1.165, 1.54) is 0 Å². The van der Waals surface area contributed by atoms with Crippen molar-refractivity contribution in [3.05, 3.63) is 101 Å². The predicted molar refractivity (Wildman–Crippen MR) is 216 cm³/mol. The van der Waals surface area contributed by atoms with E-state index in [0.717, 1.165) is 21.6 Å². The molecule has 4 unspecified atom stereocenters. The Bertz CT molecular complexity index is 1560. The number of hydrogen-bond acceptors (Lipinski definition) is 2. The molecule has 20 heteroatoms. The Labute approximate surface area is 363 Å². The fraction of sp³-hybridized carbons (Fsp3) is 0.167. The molecule has 0 spiro atoms. The van der Waals surface area contributed by atoms with Crippen molar-refractivity contribution in [2.75, 3.05) is 0 Å². The third-order valence-corrected chi connectivity index (χ3v) is 20.7. The molecule has 0 N–H and O–H groups in total. The minimum absolute atomic E-state index is 0.0407. The van der Waals surface area contributed by atoms with Gasteiger partial charge in [-0.25, -0.2) is 0 Å². The third-order valence-electron chi connectivity index (χ3n) is 6.27. The normalized spacial score (nSPS) is 26.4. The van der Waals surface area contributed by atoms with Crippen LogP contribution in [0.4, 0.5) is 0 Å². The van der Waals surface area contributed by atoms with E-state index in [0.29, 0.717) is 17.9 Å². The van der Waals surface area contributed by atoms with Crippen molar-refractivity contribution in [1.29, 1.82) is 0 Å². The highest BCUT2D eigenvalue weighted by Gasteiger charge is 2.58. The van der Waals surface area contributed by atoms with E-state index < -0.39 is 20.2 Å². The molecule has 0 heterocycles. The van der Waals surface area contributed by atoms with Gasteiger partial charge < -0.3 is 0 Å². The van der Waals surface area contributed by atoms with Crippen molar-refractivity contribution >= 4 is 248 Å². The summed E-state index contributed by atoms with van der Waals surface area (Å²) in [6.07, 6.45) is 0. The standard InChI is InChI=1S/C24H4Br4Cl14S2/c25-3-1-4(26)10(30)7(9(3)29)23(19(39)15(35)13(33)16(36)20(23)40)43-44-24(8-11(31)5(27)2-6(28)12(8)32)21(41)17(37)14(34)18(38)22(24)42/h1-2,19,21H. The summed E-state index contributed by atoms with van der Waals surface area (Å²) < 4.78 is -1.57. The molecule has 238 valence electrons. The number of alkyl halides is 2. The van der Waals surface area contributed by atoms with Gasteiger partial charge in [-0.2, -0.15) is 0 Å².